The number of hydrogen-bond donors (Lipinski definition) is 2. The third-order valence-corrected chi connectivity index (χ3v) is 2.81. The molecule has 0 heterocycles. The predicted molar refractivity (Wildman–Crippen MR) is 72.0 cm³/mol. The molecule has 0 aromatic carbocycles. The van der Waals surface area contributed by atoms with Crippen LogP contribution in [0.15, 0.2) is 11.8 Å². The number of aliphatic carboxylic acids is 1. The van der Waals surface area contributed by atoms with Gasteiger partial charge >= 0.3 is 5.97 Å². The zero-order valence-corrected chi connectivity index (χ0v) is 11.8. The summed E-state index contributed by atoms with van der Waals surface area (Å²) in [4.78, 5) is 22.3. The lowest BCUT2D eigenvalue weighted by molar-refractivity contribution is -0.134. The zero-order valence-electron chi connectivity index (χ0n) is 11.8. The van der Waals surface area contributed by atoms with Crippen molar-refractivity contribution in [1.82, 2.24) is 5.32 Å². The normalized spacial score (nSPS) is 13.5. The SMILES string of the molecule is C/C=C(\NC(=O)C[C@@H](C)CCCC(C)C)C(=O)O. The third-order valence-electron chi connectivity index (χ3n) is 2.81. The molecular formula is C14H25NO3. The van der Waals surface area contributed by atoms with Gasteiger partial charge in [0.1, 0.15) is 5.70 Å². The molecule has 0 saturated carbocycles. The van der Waals surface area contributed by atoms with E-state index < -0.39 is 5.97 Å². The Balaban J connectivity index is 3.97. The molecule has 0 rings (SSSR count). The van der Waals surface area contributed by atoms with Crippen molar-refractivity contribution in [2.45, 2.75) is 53.4 Å². The van der Waals surface area contributed by atoms with Crippen LogP contribution in [0.3, 0.4) is 0 Å². The predicted octanol–water partition coefficient (Wildman–Crippen LogP) is 2.94. The van der Waals surface area contributed by atoms with Gasteiger partial charge < -0.3 is 10.4 Å². The van der Waals surface area contributed by atoms with Crippen LogP contribution in [0.2, 0.25) is 0 Å². The van der Waals surface area contributed by atoms with Crippen molar-refractivity contribution < 1.29 is 14.7 Å². The van der Waals surface area contributed by atoms with Crippen LogP contribution in [0, 0.1) is 11.8 Å². The first-order valence-electron chi connectivity index (χ1n) is 6.56. The second-order valence-corrected chi connectivity index (χ2v) is 5.19. The van der Waals surface area contributed by atoms with Gasteiger partial charge in [-0.1, -0.05) is 46.1 Å². The summed E-state index contributed by atoms with van der Waals surface area (Å²) in [6, 6.07) is 0. The molecule has 104 valence electrons. The van der Waals surface area contributed by atoms with Gasteiger partial charge in [0.25, 0.3) is 0 Å². The second kappa shape index (κ2) is 8.72. The highest BCUT2D eigenvalue weighted by atomic mass is 16.4. The number of carbonyl (C=O) groups is 2. The van der Waals surface area contributed by atoms with Crippen molar-refractivity contribution in [2.24, 2.45) is 11.8 Å². The van der Waals surface area contributed by atoms with E-state index in [1.165, 1.54) is 12.5 Å². The summed E-state index contributed by atoms with van der Waals surface area (Å²) in [5.74, 6) is -0.343. The number of carboxylic acid groups (broad SMARTS) is 1. The molecular weight excluding hydrogens is 230 g/mol. The Labute approximate surface area is 109 Å². The molecule has 0 fully saturated rings. The van der Waals surface area contributed by atoms with E-state index in [2.05, 4.69) is 19.2 Å². The molecule has 0 aliphatic carbocycles. The summed E-state index contributed by atoms with van der Waals surface area (Å²) in [7, 11) is 0. The van der Waals surface area contributed by atoms with Gasteiger partial charge in [-0.15, -0.1) is 0 Å². The van der Waals surface area contributed by atoms with E-state index in [1.54, 1.807) is 6.92 Å². The van der Waals surface area contributed by atoms with Crippen molar-refractivity contribution in [3.8, 4) is 0 Å². The van der Waals surface area contributed by atoms with Crippen LogP contribution < -0.4 is 5.32 Å². The molecule has 4 heteroatoms. The van der Waals surface area contributed by atoms with Gasteiger partial charge in [-0.3, -0.25) is 4.79 Å². The molecule has 0 aromatic heterocycles. The quantitative estimate of drug-likeness (QED) is 0.655. The van der Waals surface area contributed by atoms with Gasteiger partial charge in [0.2, 0.25) is 5.91 Å². The standard InChI is InChI=1S/C14H25NO3/c1-5-12(14(17)18)15-13(16)9-11(4)8-6-7-10(2)3/h5,10-11H,6-9H2,1-4H3,(H,15,16)(H,17,18)/b12-5-/t11-/m0/s1. The Morgan fingerprint density at radius 3 is 2.28 bits per heavy atom. The number of allylic oxidation sites excluding steroid dienone is 1. The van der Waals surface area contributed by atoms with Crippen LogP contribution in [0.5, 0.6) is 0 Å². The maximum absolute atomic E-state index is 11.6. The van der Waals surface area contributed by atoms with E-state index in [9.17, 15) is 9.59 Å². The smallest absolute Gasteiger partial charge is 0.352 e. The molecule has 1 amide bonds. The monoisotopic (exact) mass is 255 g/mol. The summed E-state index contributed by atoms with van der Waals surface area (Å²) < 4.78 is 0. The van der Waals surface area contributed by atoms with E-state index in [1.807, 2.05) is 6.92 Å². The summed E-state index contributed by atoms with van der Waals surface area (Å²) >= 11 is 0. The molecule has 0 aromatic rings. The van der Waals surface area contributed by atoms with Crippen LogP contribution >= 0.6 is 0 Å². The molecule has 0 saturated heterocycles. The lowest BCUT2D eigenvalue weighted by atomic mass is 9.97. The molecule has 4 nitrogen and oxygen atoms in total. The maximum atomic E-state index is 11.6. The van der Waals surface area contributed by atoms with Crippen molar-refractivity contribution in [3.63, 3.8) is 0 Å². The highest BCUT2D eigenvalue weighted by molar-refractivity contribution is 5.92. The highest BCUT2D eigenvalue weighted by Crippen LogP contribution is 2.15. The van der Waals surface area contributed by atoms with Crippen LogP contribution in [0.1, 0.15) is 53.4 Å². The largest absolute Gasteiger partial charge is 0.477 e. The van der Waals surface area contributed by atoms with Crippen molar-refractivity contribution >= 4 is 11.9 Å². The van der Waals surface area contributed by atoms with Gasteiger partial charge in [-0.25, -0.2) is 4.79 Å². The van der Waals surface area contributed by atoms with Crippen LogP contribution in [-0.4, -0.2) is 17.0 Å². The number of amides is 1. The molecule has 0 unspecified atom stereocenters. The topological polar surface area (TPSA) is 66.4 Å². The van der Waals surface area contributed by atoms with Gasteiger partial charge in [0.05, 0.1) is 0 Å². The first kappa shape index (κ1) is 16.7. The lowest BCUT2D eigenvalue weighted by Gasteiger charge is -2.12. The Kier molecular flexibility index (Phi) is 8.08. The Morgan fingerprint density at radius 2 is 1.83 bits per heavy atom. The molecule has 2 N–H and O–H groups in total. The Hall–Kier alpha value is -1.32. The van der Waals surface area contributed by atoms with Gasteiger partial charge in [-0.2, -0.15) is 0 Å². The minimum Gasteiger partial charge on any atom is -0.477 e. The molecule has 0 aliphatic heterocycles. The number of carboxylic acids is 1. The fourth-order valence-electron chi connectivity index (χ4n) is 1.74. The number of rotatable bonds is 8. The van der Waals surface area contributed by atoms with Gasteiger partial charge in [0.15, 0.2) is 0 Å². The number of carbonyl (C=O) groups excluding carboxylic acids is 1. The lowest BCUT2D eigenvalue weighted by Crippen LogP contribution is -2.28. The van der Waals surface area contributed by atoms with E-state index >= 15 is 0 Å². The third kappa shape index (κ3) is 7.87. The molecule has 1 atom stereocenters. The first-order valence-corrected chi connectivity index (χ1v) is 6.56. The average molecular weight is 255 g/mol. The minimum atomic E-state index is -1.10. The van der Waals surface area contributed by atoms with Crippen molar-refractivity contribution in [2.75, 3.05) is 0 Å². The summed E-state index contributed by atoms with van der Waals surface area (Å²) in [6.45, 7) is 7.98. The molecule has 0 bridgehead atoms. The first-order chi connectivity index (χ1) is 8.36. The molecule has 0 radical (unpaired) electrons. The maximum Gasteiger partial charge on any atom is 0.352 e. The second-order valence-electron chi connectivity index (χ2n) is 5.19. The highest BCUT2D eigenvalue weighted by Gasteiger charge is 2.13. The molecule has 0 spiro atoms. The number of nitrogens with one attached hydrogen (secondary N) is 1. The van der Waals surface area contributed by atoms with Crippen molar-refractivity contribution in [3.05, 3.63) is 11.8 Å². The van der Waals surface area contributed by atoms with Crippen LogP contribution in [-0.2, 0) is 9.59 Å². The van der Waals surface area contributed by atoms with Crippen LogP contribution in [0.4, 0.5) is 0 Å². The minimum absolute atomic E-state index is 0.0469. The average Bonchev–Trinajstić information content (AvgIpc) is 2.24. The summed E-state index contributed by atoms with van der Waals surface area (Å²) in [5.41, 5.74) is -0.0469. The van der Waals surface area contributed by atoms with Crippen LogP contribution in [0.25, 0.3) is 0 Å². The van der Waals surface area contributed by atoms with Gasteiger partial charge in [-0.05, 0) is 18.8 Å². The van der Waals surface area contributed by atoms with E-state index in [4.69, 9.17) is 5.11 Å². The summed E-state index contributed by atoms with van der Waals surface area (Å²) in [6.07, 6.45) is 5.05. The molecule has 18 heavy (non-hydrogen) atoms. The Bertz CT molecular complexity index is 308. The zero-order chi connectivity index (χ0) is 14.1. The fraction of sp³-hybridized carbons (Fsp3) is 0.714. The van der Waals surface area contributed by atoms with E-state index in [-0.39, 0.29) is 17.5 Å². The summed E-state index contributed by atoms with van der Waals surface area (Å²) in [5, 5.41) is 11.2. The fourth-order valence-corrected chi connectivity index (χ4v) is 1.74. The van der Waals surface area contributed by atoms with E-state index in [0.29, 0.717) is 12.3 Å². The van der Waals surface area contributed by atoms with Gasteiger partial charge in [0, 0.05) is 6.42 Å². The van der Waals surface area contributed by atoms with Crippen molar-refractivity contribution in [1.29, 1.82) is 0 Å². The Morgan fingerprint density at radius 1 is 1.22 bits per heavy atom. The molecule has 0 aliphatic rings. The number of hydrogen-bond acceptors (Lipinski definition) is 2. The van der Waals surface area contributed by atoms with E-state index in [0.717, 1.165) is 12.8 Å².